The molecule has 1 aromatic carbocycles. The van der Waals surface area contributed by atoms with E-state index in [1.165, 1.54) is 0 Å². The molecular weight excluding hydrogens is 320 g/mol. The molecule has 2 amide bonds. The van der Waals surface area contributed by atoms with Crippen LogP contribution in [-0.4, -0.2) is 29.8 Å². The molecule has 0 radical (unpaired) electrons. The van der Waals surface area contributed by atoms with Gasteiger partial charge in [-0.15, -0.1) is 0 Å². The predicted molar refractivity (Wildman–Crippen MR) is 81.0 cm³/mol. The summed E-state index contributed by atoms with van der Waals surface area (Å²) in [4.78, 5) is 25.1. The lowest BCUT2D eigenvalue weighted by molar-refractivity contribution is -0.134. The lowest BCUT2D eigenvalue weighted by Gasteiger charge is -2.30. The number of carbonyl (C=O) groups excluding carboxylic acids is 2. The Morgan fingerprint density at radius 2 is 2.00 bits per heavy atom. The maximum atomic E-state index is 12.1. The molecule has 1 aliphatic heterocycles. The van der Waals surface area contributed by atoms with Crippen LogP contribution in [0.4, 0.5) is 0 Å². The number of carbonyl (C=O) groups is 2. The lowest BCUT2D eigenvalue weighted by atomic mass is 9.96. The van der Waals surface area contributed by atoms with E-state index in [1.54, 1.807) is 0 Å². The second-order valence-corrected chi connectivity index (χ2v) is 6.10. The van der Waals surface area contributed by atoms with Crippen molar-refractivity contribution in [1.29, 1.82) is 0 Å². The number of aryl methyl sites for hydroxylation is 1. The van der Waals surface area contributed by atoms with Gasteiger partial charge in [0.15, 0.2) is 0 Å². The number of hydrogen-bond donors (Lipinski definition) is 1. The standard InChI is InChI=1S/C15H19BrN2O2/c16-13-3-1-2-11(10-13)4-5-14(19)18-8-6-12(7-9-18)15(17)20/h1-3,10,12H,4-9H2,(H2,17,20). The van der Waals surface area contributed by atoms with Gasteiger partial charge < -0.3 is 10.6 Å². The maximum Gasteiger partial charge on any atom is 0.222 e. The van der Waals surface area contributed by atoms with Crippen LogP contribution < -0.4 is 5.73 Å². The Labute approximate surface area is 127 Å². The first kappa shape index (κ1) is 15.0. The molecule has 0 atom stereocenters. The molecule has 1 fully saturated rings. The minimum atomic E-state index is -0.244. The van der Waals surface area contributed by atoms with Gasteiger partial charge in [-0.05, 0) is 37.0 Å². The van der Waals surface area contributed by atoms with Crippen LogP contribution in [0, 0.1) is 5.92 Å². The van der Waals surface area contributed by atoms with Crippen LogP contribution in [0.3, 0.4) is 0 Å². The highest BCUT2D eigenvalue weighted by atomic mass is 79.9. The first-order valence-corrected chi connectivity index (χ1v) is 7.67. The van der Waals surface area contributed by atoms with Crippen molar-refractivity contribution in [3.8, 4) is 0 Å². The second kappa shape index (κ2) is 6.88. The van der Waals surface area contributed by atoms with Gasteiger partial charge in [0, 0.05) is 29.9 Å². The molecule has 108 valence electrons. The number of nitrogens with two attached hydrogens (primary N) is 1. The van der Waals surface area contributed by atoms with Crippen molar-refractivity contribution in [2.75, 3.05) is 13.1 Å². The summed E-state index contributed by atoms with van der Waals surface area (Å²) in [5, 5.41) is 0. The van der Waals surface area contributed by atoms with E-state index in [2.05, 4.69) is 15.9 Å². The third kappa shape index (κ3) is 4.07. The van der Waals surface area contributed by atoms with E-state index in [0.29, 0.717) is 32.4 Å². The summed E-state index contributed by atoms with van der Waals surface area (Å²) in [7, 11) is 0. The quantitative estimate of drug-likeness (QED) is 0.913. The van der Waals surface area contributed by atoms with Gasteiger partial charge in [0.25, 0.3) is 0 Å². The van der Waals surface area contributed by atoms with Crippen molar-refractivity contribution in [2.45, 2.75) is 25.7 Å². The molecule has 2 N–H and O–H groups in total. The number of amides is 2. The molecule has 2 rings (SSSR count). The van der Waals surface area contributed by atoms with Crippen molar-refractivity contribution in [3.05, 3.63) is 34.3 Å². The molecule has 1 aromatic rings. The van der Waals surface area contributed by atoms with Gasteiger partial charge in [-0.2, -0.15) is 0 Å². The summed E-state index contributed by atoms with van der Waals surface area (Å²) < 4.78 is 1.03. The van der Waals surface area contributed by atoms with Crippen molar-refractivity contribution in [1.82, 2.24) is 4.90 Å². The summed E-state index contributed by atoms with van der Waals surface area (Å²) >= 11 is 3.43. The van der Waals surface area contributed by atoms with Crippen LogP contribution in [0.25, 0.3) is 0 Å². The third-order valence-electron chi connectivity index (χ3n) is 3.77. The number of halogens is 1. The van der Waals surface area contributed by atoms with E-state index >= 15 is 0 Å². The summed E-state index contributed by atoms with van der Waals surface area (Å²) in [6.07, 6.45) is 2.64. The fourth-order valence-electron chi connectivity index (χ4n) is 2.52. The van der Waals surface area contributed by atoms with Gasteiger partial charge >= 0.3 is 0 Å². The Hall–Kier alpha value is -1.36. The fraction of sp³-hybridized carbons (Fsp3) is 0.467. The van der Waals surface area contributed by atoms with E-state index in [0.717, 1.165) is 16.5 Å². The number of benzene rings is 1. The molecule has 0 saturated carbocycles. The molecule has 0 aromatic heterocycles. The van der Waals surface area contributed by atoms with Crippen molar-refractivity contribution < 1.29 is 9.59 Å². The van der Waals surface area contributed by atoms with Crippen LogP contribution in [0.5, 0.6) is 0 Å². The number of likely N-dealkylation sites (tertiary alicyclic amines) is 1. The summed E-state index contributed by atoms with van der Waals surface area (Å²) in [5.41, 5.74) is 6.44. The van der Waals surface area contributed by atoms with Crippen LogP contribution in [0.1, 0.15) is 24.8 Å². The molecule has 0 aliphatic carbocycles. The van der Waals surface area contributed by atoms with E-state index in [9.17, 15) is 9.59 Å². The minimum absolute atomic E-state index is 0.0656. The lowest BCUT2D eigenvalue weighted by Crippen LogP contribution is -2.41. The fourth-order valence-corrected chi connectivity index (χ4v) is 2.96. The van der Waals surface area contributed by atoms with Crippen molar-refractivity contribution >= 4 is 27.7 Å². The van der Waals surface area contributed by atoms with E-state index < -0.39 is 0 Å². The SMILES string of the molecule is NC(=O)C1CCN(C(=O)CCc2cccc(Br)c2)CC1. The highest BCUT2D eigenvalue weighted by Gasteiger charge is 2.25. The monoisotopic (exact) mass is 338 g/mol. The van der Waals surface area contributed by atoms with Crippen molar-refractivity contribution in [2.24, 2.45) is 11.7 Å². The molecule has 1 heterocycles. The predicted octanol–water partition coefficient (Wildman–Crippen LogP) is 2.11. The van der Waals surface area contributed by atoms with Gasteiger partial charge in [-0.3, -0.25) is 9.59 Å². The van der Waals surface area contributed by atoms with Crippen LogP contribution in [0.2, 0.25) is 0 Å². The summed E-state index contributed by atoms with van der Waals surface area (Å²) in [6, 6.07) is 8.01. The van der Waals surface area contributed by atoms with Crippen molar-refractivity contribution in [3.63, 3.8) is 0 Å². The van der Waals surface area contributed by atoms with Gasteiger partial charge in [0.1, 0.15) is 0 Å². The van der Waals surface area contributed by atoms with Gasteiger partial charge in [0.2, 0.25) is 11.8 Å². The zero-order valence-electron chi connectivity index (χ0n) is 11.3. The summed E-state index contributed by atoms with van der Waals surface area (Å²) in [5.74, 6) is -0.150. The average molecular weight is 339 g/mol. The molecule has 1 aliphatic rings. The minimum Gasteiger partial charge on any atom is -0.369 e. The molecule has 0 bridgehead atoms. The highest BCUT2D eigenvalue weighted by Crippen LogP contribution is 2.18. The summed E-state index contributed by atoms with van der Waals surface area (Å²) in [6.45, 7) is 1.29. The number of rotatable bonds is 4. The van der Waals surface area contributed by atoms with Crippen LogP contribution in [0.15, 0.2) is 28.7 Å². The molecule has 0 unspecified atom stereocenters. The largest absolute Gasteiger partial charge is 0.369 e. The molecule has 20 heavy (non-hydrogen) atoms. The second-order valence-electron chi connectivity index (χ2n) is 5.19. The Balaban J connectivity index is 1.80. The van der Waals surface area contributed by atoms with E-state index in [-0.39, 0.29) is 17.7 Å². The average Bonchev–Trinajstić information content (AvgIpc) is 2.45. The first-order chi connectivity index (χ1) is 9.56. The Morgan fingerprint density at radius 1 is 1.30 bits per heavy atom. The number of hydrogen-bond acceptors (Lipinski definition) is 2. The third-order valence-corrected chi connectivity index (χ3v) is 4.26. The number of nitrogens with zero attached hydrogens (tertiary/aromatic N) is 1. The zero-order valence-corrected chi connectivity index (χ0v) is 12.9. The Kier molecular flexibility index (Phi) is 5.17. The smallest absolute Gasteiger partial charge is 0.222 e. The number of primary amides is 1. The van der Waals surface area contributed by atoms with Crippen LogP contribution >= 0.6 is 15.9 Å². The van der Waals surface area contributed by atoms with Gasteiger partial charge in [-0.25, -0.2) is 0 Å². The first-order valence-electron chi connectivity index (χ1n) is 6.88. The maximum absolute atomic E-state index is 12.1. The normalized spacial score (nSPS) is 16.1. The van der Waals surface area contributed by atoms with E-state index in [4.69, 9.17) is 5.73 Å². The topological polar surface area (TPSA) is 63.4 Å². The molecule has 4 nitrogen and oxygen atoms in total. The van der Waals surface area contributed by atoms with Gasteiger partial charge in [-0.1, -0.05) is 28.1 Å². The van der Waals surface area contributed by atoms with Crippen LogP contribution in [-0.2, 0) is 16.0 Å². The Morgan fingerprint density at radius 3 is 2.60 bits per heavy atom. The zero-order chi connectivity index (χ0) is 14.5. The molecular formula is C15H19BrN2O2. The van der Waals surface area contributed by atoms with Gasteiger partial charge in [0.05, 0.1) is 0 Å². The Bertz CT molecular complexity index is 496. The van der Waals surface area contributed by atoms with E-state index in [1.807, 2.05) is 29.2 Å². The molecule has 5 heteroatoms. The molecule has 1 saturated heterocycles. The molecule has 0 spiro atoms. The highest BCUT2D eigenvalue weighted by molar-refractivity contribution is 9.10. The number of piperidine rings is 1.